The molecular weight excluding hydrogens is 558 g/mol. The Labute approximate surface area is 245 Å². The summed E-state index contributed by atoms with van der Waals surface area (Å²) in [7, 11) is -3.04. The number of sulfonamides is 1. The number of nitrogens with one attached hydrogen (secondary N) is 1. The maximum atomic E-state index is 15.7. The van der Waals surface area contributed by atoms with E-state index in [-0.39, 0.29) is 12.4 Å². The average Bonchev–Trinajstić information content (AvgIpc) is 2.94. The molecule has 0 spiro atoms. The topological polar surface area (TPSA) is 74.8 Å². The summed E-state index contributed by atoms with van der Waals surface area (Å²) in [6, 6.07) is 19.8. The van der Waals surface area contributed by atoms with E-state index < -0.39 is 26.7 Å². The van der Waals surface area contributed by atoms with Gasteiger partial charge in [0.2, 0.25) is 5.95 Å². The van der Waals surface area contributed by atoms with Gasteiger partial charge in [0, 0.05) is 24.3 Å². The van der Waals surface area contributed by atoms with Gasteiger partial charge in [0.1, 0.15) is 22.3 Å². The Balaban J connectivity index is 1.45. The summed E-state index contributed by atoms with van der Waals surface area (Å²) < 4.78 is 64.2. The van der Waals surface area contributed by atoms with Crippen molar-refractivity contribution in [3.63, 3.8) is 0 Å². The van der Waals surface area contributed by atoms with Gasteiger partial charge < -0.3 is 10.1 Å². The maximum absolute atomic E-state index is 15.7. The van der Waals surface area contributed by atoms with Crippen LogP contribution < -0.4 is 14.4 Å². The van der Waals surface area contributed by atoms with Crippen LogP contribution in [0.25, 0.3) is 0 Å². The molecule has 0 atom stereocenters. The van der Waals surface area contributed by atoms with Crippen LogP contribution in [-0.4, -0.2) is 38.5 Å². The highest BCUT2D eigenvalue weighted by Gasteiger charge is 2.31. The van der Waals surface area contributed by atoms with E-state index in [0.717, 1.165) is 41.1 Å². The molecule has 1 aliphatic heterocycles. The van der Waals surface area contributed by atoms with E-state index in [9.17, 15) is 12.8 Å². The molecule has 1 aromatic heterocycles. The van der Waals surface area contributed by atoms with Gasteiger partial charge in [-0.2, -0.15) is 4.39 Å². The fourth-order valence-electron chi connectivity index (χ4n) is 4.98. The molecule has 1 saturated heterocycles. The number of ether oxygens (including phenoxy) is 1. The molecule has 220 valence electrons. The third-order valence-corrected chi connectivity index (χ3v) is 9.25. The predicted molar refractivity (Wildman–Crippen MR) is 160 cm³/mol. The minimum atomic E-state index is -4.52. The first-order valence-corrected chi connectivity index (χ1v) is 15.2. The number of anilines is 2. The van der Waals surface area contributed by atoms with Crippen molar-refractivity contribution >= 4 is 21.5 Å². The predicted octanol–water partition coefficient (Wildman–Crippen LogP) is 6.20. The highest BCUT2D eigenvalue weighted by Crippen LogP contribution is 2.32. The zero-order valence-corrected chi connectivity index (χ0v) is 24.7. The molecule has 1 fully saturated rings. The zero-order chi connectivity index (χ0) is 29.9. The molecule has 0 unspecified atom stereocenters. The van der Waals surface area contributed by atoms with Crippen LogP contribution >= 0.6 is 0 Å². The number of hydrogen-bond donors (Lipinski definition) is 1. The number of methoxy groups -OCH3 is 1. The fraction of sp³-hybridized carbons (Fsp3) is 0.281. The minimum Gasteiger partial charge on any atom is -0.496 e. The monoisotopic (exact) mass is 592 g/mol. The van der Waals surface area contributed by atoms with E-state index in [1.807, 2.05) is 31.2 Å². The molecule has 0 amide bonds. The number of benzene rings is 3. The molecule has 0 bridgehead atoms. The van der Waals surface area contributed by atoms with Crippen molar-refractivity contribution in [1.82, 2.24) is 9.88 Å². The number of halogens is 2. The number of nitrogens with zero attached hydrogens (tertiary/aromatic N) is 3. The van der Waals surface area contributed by atoms with Gasteiger partial charge in [-0.25, -0.2) is 22.1 Å². The normalized spacial score (nSPS) is 13.5. The zero-order valence-electron chi connectivity index (χ0n) is 23.9. The van der Waals surface area contributed by atoms with Crippen molar-refractivity contribution in [2.45, 2.75) is 44.8 Å². The summed E-state index contributed by atoms with van der Waals surface area (Å²) in [5.74, 6) is -1.49. The van der Waals surface area contributed by atoms with E-state index >= 15 is 4.39 Å². The van der Waals surface area contributed by atoms with Crippen molar-refractivity contribution in [1.29, 1.82) is 0 Å². The van der Waals surface area contributed by atoms with Crippen molar-refractivity contribution < 1.29 is 21.9 Å². The highest BCUT2D eigenvalue weighted by molar-refractivity contribution is 7.92. The Morgan fingerprint density at radius 1 is 0.952 bits per heavy atom. The summed E-state index contributed by atoms with van der Waals surface area (Å²) in [5, 5.41) is 3.28. The Morgan fingerprint density at radius 2 is 1.71 bits per heavy atom. The first-order valence-electron chi connectivity index (χ1n) is 13.8. The minimum absolute atomic E-state index is 0.171. The molecule has 1 N–H and O–H groups in total. The number of rotatable bonds is 11. The van der Waals surface area contributed by atoms with Crippen molar-refractivity contribution in [3.05, 3.63) is 112 Å². The summed E-state index contributed by atoms with van der Waals surface area (Å²) in [4.78, 5) is 5.65. The van der Waals surface area contributed by atoms with E-state index in [1.165, 1.54) is 43.4 Å². The quantitative estimate of drug-likeness (QED) is 0.209. The Bertz CT molecular complexity index is 1690. The summed E-state index contributed by atoms with van der Waals surface area (Å²) in [6.07, 6.45) is 1.21. The number of aryl methyl sites for hydroxylation is 2. The lowest BCUT2D eigenvalue weighted by atomic mass is 10.0. The van der Waals surface area contributed by atoms with Gasteiger partial charge in [-0.3, -0.25) is 4.90 Å². The Morgan fingerprint density at radius 3 is 2.40 bits per heavy atom. The highest BCUT2D eigenvalue weighted by atomic mass is 32.2. The van der Waals surface area contributed by atoms with E-state index in [1.54, 1.807) is 19.1 Å². The summed E-state index contributed by atoms with van der Waals surface area (Å²) in [5.41, 5.74) is 4.77. The summed E-state index contributed by atoms with van der Waals surface area (Å²) in [6.45, 7) is 6.85. The number of pyridine rings is 1. The van der Waals surface area contributed by atoms with Crippen LogP contribution in [0.4, 0.5) is 20.3 Å². The van der Waals surface area contributed by atoms with Gasteiger partial charge in [-0.15, -0.1) is 0 Å². The average molecular weight is 593 g/mol. The third-order valence-electron chi connectivity index (χ3n) is 7.49. The van der Waals surface area contributed by atoms with Gasteiger partial charge in [-0.1, -0.05) is 42.5 Å². The molecular formula is C32H34F2N4O3S. The second-order valence-corrected chi connectivity index (χ2v) is 12.3. The van der Waals surface area contributed by atoms with E-state index in [4.69, 9.17) is 4.74 Å². The van der Waals surface area contributed by atoms with Crippen LogP contribution in [0.2, 0.25) is 0 Å². The van der Waals surface area contributed by atoms with Gasteiger partial charge >= 0.3 is 0 Å². The third kappa shape index (κ3) is 6.39. The van der Waals surface area contributed by atoms with Crippen LogP contribution in [0.3, 0.4) is 0 Å². The van der Waals surface area contributed by atoms with Crippen molar-refractivity contribution in [2.75, 3.05) is 29.8 Å². The molecule has 3 aromatic carbocycles. The molecule has 0 saturated carbocycles. The van der Waals surface area contributed by atoms with Gasteiger partial charge in [-0.05, 0) is 85.9 Å². The SMILES string of the molecule is COc1cc(C)ccc1CN(c1cccc(F)n1)S(=O)(=O)c1cc(C)c(NCc2ccccc2CN2CCC2)cc1F. The Kier molecular flexibility index (Phi) is 8.74. The van der Waals surface area contributed by atoms with Crippen LogP contribution in [0.1, 0.15) is 34.2 Å². The number of likely N-dealkylation sites (tertiary alicyclic amines) is 1. The van der Waals surface area contributed by atoms with Gasteiger partial charge in [0.15, 0.2) is 0 Å². The number of aromatic nitrogens is 1. The van der Waals surface area contributed by atoms with Gasteiger partial charge in [0.05, 0.1) is 13.7 Å². The van der Waals surface area contributed by atoms with Crippen LogP contribution in [-0.2, 0) is 29.7 Å². The van der Waals surface area contributed by atoms with E-state index in [0.29, 0.717) is 29.1 Å². The molecule has 5 rings (SSSR count). The lowest BCUT2D eigenvalue weighted by Crippen LogP contribution is -2.36. The van der Waals surface area contributed by atoms with Crippen molar-refractivity contribution in [2.24, 2.45) is 0 Å². The molecule has 0 radical (unpaired) electrons. The molecule has 2 heterocycles. The maximum Gasteiger partial charge on any atom is 0.268 e. The first kappa shape index (κ1) is 29.5. The second kappa shape index (κ2) is 12.5. The molecule has 7 nitrogen and oxygen atoms in total. The smallest absolute Gasteiger partial charge is 0.268 e. The van der Waals surface area contributed by atoms with Crippen LogP contribution in [0.5, 0.6) is 5.75 Å². The van der Waals surface area contributed by atoms with E-state index in [2.05, 4.69) is 21.3 Å². The lowest BCUT2D eigenvalue weighted by Gasteiger charge is -2.31. The van der Waals surface area contributed by atoms with Gasteiger partial charge in [0.25, 0.3) is 10.0 Å². The van der Waals surface area contributed by atoms with Crippen molar-refractivity contribution in [3.8, 4) is 5.75 Å². The summed E-state index contributed by atoms with van der Waals surface area (Å²) >= 11 is 0. The number of hydrogen-bond acceptors (Lipinski definition) is 6. The lowest BCUT2D eigenvalue weighted by molar-refractivity contribution is 0.172. The second-order valence-electron chi connectivity index (χ2n) is 10.5. The largest absolute Gasteiger partial charge is 0.496 e. The molecule has 4 aromatic rings. The molecule has 10 heteroatoms. The molecule has 42 heavy (non-hydrogen) atoms. The molecule has 0 aliphatic carbocycles. The first-order chi connectivity index (χ1) is 20.2. The molecule has 1 aliphatic rings. The van der Waals surface area contributed by atoms with Crippen LogP contribution in [0, 0.1) is 25.6 Å². The standard InChI is InChI=1S/C32H34F2N4O3S/c1-22-12-13-26(29(16-22)41-3)21-38(32-11-6-10-31(34)36-32)42(39,40)30-17-23(2)28(18-27(30)33)35-19-24-8-4-5-9-25(24)20-37-14-7-15-37/h4-6,8-13,16-18,35H,7,14-15,19-21H2,1-3H3. The van der Waals surface area contributed by atoms with Crippen LogP contribution in [0.15, 0.2) is 77.7 Å². The fourth-order valence-corrected chi connectivity index (χ4v) is 6.51. The Hall–Kier alpha value is -4.02.